The van der Waals surface area contributed by atoms with E-state index in [-0.39, 0.29) is 21.9 Å². The molecule has 36 heavy (non-hydrogen) atoms. The number of nitrogens with one attached hydrogen (secondary N) is 2. The number of rotatable bonds is 6. The van der Waals surface area contributed by atoms with Gasteiger partial charge >= 0.3 is 0 Å². The highest BCUT2D eigenvalue weighted by Crippen LogP contribution is 2.27. The molecule has 0 atom stereocenters. The fourth-order valence-electron chi connectivity index (χ4n) is 3.54. The molecule has 3 aromatic heterocycles. The van der Waals surface area contributed by atoms with E-state index in [0.29, 0.717) is 28.4 Å². The van der Waals surface area contributed by atoms with Crippen LogP contribution in [0.1, 0.15) is 39.0 Å². The van der Waals surface area contributed by atoms with Crippen LogP contribution in [0.25, 0.3) is 16.9 Å². The van der Waals surface area contributed by atoms with Gasteiger partial charge < -0.3 is 5.32 Å². The lowest BCUT2D eigenvalue weighted by Crippen LogP contribution is -2.16. The average Bonchev–Trinajstić information content (AvgIpc) is 3.20. The van der Waals surface area contributed by atoms with Crippen molar-refractivity contribution < 1.29 is 13.2 Å². The maximum absolute atomic E-state index is 13.2. The second-order valence-corrected chi connectivity index (χ2v) is 10.9. The van der Waals surface area contributed by atoms with Gasteiger partial charge in [0.25, 0.3) is 10.0 Å². The summed E-state index contributed by atoms with van der Waals surface area (Å²) < 4.78 is 30.5. The van der Waals surface area contributed by atoms with Crippen molar-refractivity contribution in [3.63, 3.8) is 0 Å². The predicted octanol–water partition coefficient (Wildman–Crippen LogP) is 3.90. The number of aromatic nitrogens is 4. The molecule has 0 aliphatic rings. The molecule has 0 saturated heterocycles. The zero-order valence-electron chi connectivity index (χ0n) is 20.6. The first-order valence-electron chi connectivity index (χ1n) is 11.2. The number of hydrogen-bond acceptors (Lipinski definition) is 7. The molecule has 3 heterocycles. The predicted molar refractivity (Wildman–Crippen MR) is 140 cm³/mol. The summed E-state index contributed by atoms with van der Waals surface area (Å²) in [6, 6.07) is 12.0. The first-order chi connectivity index (χ1) is 17.0. The number of hydrogen-bond donors (Lipinski definition) is 2. The van der Waals surface area contributed by atoms with Crippen LogP contribution in [0.2, 0.25) is 0 Å². The molecular weight excluding hydrogens is 478 g/mol. The Morgan fingerprint density at radius 3 is 2.47 bits per heavy atom. The second-order valence-electron chi connectivity index (χ2n) is 9.25. The van der Waals surface area contributed by atoms with Crippen molar-refractivity contribution in [2.75, 3.05) is 17.1 Å². The summed E-state index contributed by atoms with van der Waals surface area (Å²) in [6.45, 7) is 7.60. The van der Waals surface area contributed by atoms with Crippen LogP contribution in [0.3, 0.4) is 0 Å². The van der Waals surface area contributed by atoms with E-state index < -0.39 is 10.0 Å². The van der Waals surface area contributed by atoms with Gasteiger partial charge in [-0.25, -0.2) is 17.9 Å². The molecule has 4 rings (SSSR count). The normalized spacial score (nSPS) is 12.2. The number of nitrogens with zero attached hydrogens (tertiary/aromatic N) is 5. The highest BCUT2D eigenvalue weighted by molar-refractivity contribution is 7.92. The van der Waals surface area contributed by atoms with Gasteiger partial charge in [0, 0.05) is 31.9 Å². The fourth-order valence-corrected chi connectivity index (χ4v) is 4.60. The number of carbonyl (C=O) groups excluding carboxylic acids is 1. The third kappa shape index (κ3) is 5.41. The van der Waals surface area contributed by atoms with Crippen molar-refractivity contribution in [1.82, 2.24) is 19.6 Å². The van der Waals surface area contributed by atoms with E-state index >= 15 is 0 Å². The number of benzene rings is 1. The molecule has 0 aliphatic carbocycles. The molecule has 11 heteroatoms. The third-order valence-corrected chi connectivity index (χ3v) is 6.75. The van der Waals surface area contributed by atoms with Crippen molar-refractivity contribution >= 4 is 39.3 Å². The van der Waals surface area contributed by atoms with Crippen LogP contribution in [0, 0.1) is 0 Å². The van der Waals surface area contributed by atoms with Crippen molar-refractivity contribution in [3.8, 4) is 11.3 Å². The zero-order valence-corrected chi connectivity index (χ0v) is 21.5. The van der Waals surface area contributed by atoms with Crippen molar-refractivity contribution in [2.45, 2.75) is 38.0 Å². The lowest BCUT2D eigenvalue weighted by atomic mass is 9.87. The molecule has 4 aromatic rings. The molecule has 186 valence electrons. The number of sulfonamides is 1. The molecule has 0 aliphatic heterocycles. The summed E-state index contributed by atoms with van der Waals surface area (Å²) in [5.41, 5.74) is 3.25. The molecule has 0 spiro atoms. The standard InChI is InChI=1S/C25H27N7O3S/c1-16(33)28-23-15-32-24(29-23)11-10-20(30-32)17-12-21(22(14-26-5)27-13-17)31-36(34,35)19-8-6-18(7-9-19)25(2,3)4/h6-15,31H,1-5H3,(H,28,33). The Morgan fingerprint density at radius 2 is 1.83 bits per heavy atom. The lowest BCUT2D eigenvalue weighted by molar-refractivity contribution is -0.114. The Morgan fingerprint density at radius 1 is 1.11 bits per heavy atom. The summed E-state index contributed by atoms with van der Waals surface area (Å²) in [7, 11) is -2.30. The van der Waals surface area contributed by atoms with Gasteiger partial charge in [-0.15, -0.1) is 0 Å². The Bertz CT molecular complexity index is 1570. The molecule has 0 fully saturated rings. The summed E-state index contributed by atoms with van der Waals surface area (Å²) >= 11 is 0. The SMILES string of the molecule is CN=Cc1ncc(-c2ccc3nc(NC(C)=O)cn3n2)cc1NS(=O)(=O)c1ccc(C(C)(C)C)cc1. The van der Waals surface area contributed by atoms with E-state index in [1.807, 2.05) is 12.1 Å². The van der Waals surface area contributed by atoms with Gasteiger partial charge in [-0.3, -0.25) is 19.5 Å². The number of pyridine rings is 1. The molecule has 1 aromatic carbocycles. The van der Waals surface area contributed by atoms with Gasteiger partial charge in [0.2, 0.25) is 5.91 Å². The van der Waals surface area contributed by atoms with Crippen molar-refractivity contribution in [2.24, 2.45) is 4.99 Å². The van der Waals surface area contributed by atoms with E-state index in [4.69, 9.17) is 0 Å². The van der Waals surface area contributed by atoms with Gasteiger partial charge in [-0.2, -0.15) is 5.10 Å². The largest absolute Gasteiger partial charge is 0.310 e. The first-order valence-corrected chi connectivity index (χ1v) is 12.6. The van der Waals surface area contributed by atoms with Crippen molar-refractivity contribution in [3.05, 3.63) is 66.1 Å². The Kier molecular flexibility index (Phi) is 6.59. The molecular formula is C25H27N7O3S. The molecule has 0 saturated carbocycles. The molecule has 10 nitrogen and oxygen atoms in total. The van der Waals surface area contributed by atoms with E-state index in [2.05, 4.69) is 50.9 Å². The summed E-state index contributed by atoms with van der Waals surface area (Å²) in [4.78, 5) is 24.1. The summed E-state index contributed by atoms with van der Waals surface area (Å²) in [5, 5.41) is 7.15. The van der Waals surface area contributed by atoms with Crippen molar-refractivity contribution in [1.29, 1.82) is 0 Å². The topological polar surface area (TPSA) is 131 Å². The minimum atomic E-state index is -3.89. The highest BCUT2D eigenvalue weighted by atomic mass is 32.2. The Hall–Kier alpha value is -4.12. The van der Waals surface area contributed by atoms with Gasteiger partial charge in [0.05, 0.1) is 22.5 Å². The average molecular weight is 506 g/mol. The van der Waals surface area contributed by atoms with E-state index in [9.17, 15) is 13.2 Å². The minimum Gasteiger partial charge on any atom is -0.310 e. The van der Waals surface area contributed by atoms with Crippen LogP contribution in [-0.4, -0.2) is 47.2 Å². The van der Waals surface area contributed by atoms with E-state index in [0.717, 1.165) is 5.56 Å². The Balaban J connectivity index is 1.70. The lowest BCUT2D eigenvalue weighted by Gasteiger charge is -2.19. The molecule has 1 amide bonds. The number of imidazole rings is 1. The molecule has 0 unspecified atom stereocenters. The molecule has 2 N–H and O–H groups in total. The second kappa shape index (κ2) is 9.50. The third-order valence-electron chi connectivity index (χ3n) is 5.36. The number of aliphatic imine (C=N–C) groups is 1. The zero-order chi connectivity index (χ0) is 26.1. The van der Waals surface area contributed by atoms with Gasteiger partial charge in [0.1, 0.15) is 5.69 Å². The van der Waals surface area contributed by atoms with Crippen LogP contribution in [-0.2, 0) is 20.2 Å². The smallest absolute Gasteiger partial charge is 0.261 e. The van der Waals surface area contributed by atoms with Crippen LogP contribution in [0.4, 0.5) is 11.5 Å². The summed E-state index contributed by atoms with van der Waals surface area (Å²) in [5.74, 6) is 0.145. The van der Waals surface area contributed by atoms with Gasteiger partial charge in [0.15, 0.2) is 11.5 Å². The van der Waals surface area contributed by atoms with E-state index in [1.54, 1.807) is 49.8 Å². The maximum Gasteiger partial charge on any atom is 0.261 e. The molecule has 0 bridgehead atoms. The number of anilines is 2. The number of fused-ring (bicyclic) bond motifs is 1. The quantitative estimate of drug-likeness (QED) is 0.382. The highest BCUT2D eigenvalue weighted by Gasteiger charge is 2.20. The van der Waals surface area contributed by atoms with Crippen LogP contribution < -0.4 is 10.0 Å². The van der Waals surface area contributed by atoms with Crippen LogP contribution in [0.15, 0.2) is 64.7 Å². The van der Waals surface area contributed by atoms with Crippen LogP contribution >= 0.6 is 0 Å². The van der Waals surface area contributed by atoms with Gasteiger partial charge in [-0.1, -0.05) is 32.9 Å². The van der Waals surface area contributed by atoms with Gasteiger partial charge in [-0.05, 0) is 41.3 Å². The Labute approximate surface area is 209 Å². The minimum absolute atomic E-state index is 0.0923. The number of amides is 1. The summed E-state index contributed by atoms with van der Waals surface area (Å²) in [6.07, 6.45) is 4.67. The maximum atomic E-state index is 13.2. The monoisotopic (exact) mass is 505 g/mol. The van der Waals surface area contributed by atoms with E-state index in [1.165, 1.54) is 17.7 Å². The molecule has 0 radical (unpaired) electrons. The number of carbonyl (C=O) groups is 1. The first kappa shape index (κ1) is 25.0. The fraction of sp³-hybridized carbons (Fsp3) is 0.240. The van der Waals surface area contributed by atoms with Crippen LogP contribution in [0.5, 0.6) is 0 Å².